The Labute approximate surface area is 107 Å². The Hall–Kier alpha value is -0.120. The van der Waals surface area contributed by atoms with Crippen LogP contribution in [0.2, 0.25) is 0 Å². The largest absolute Gasteiger partial charge is 0.374 e. The second-order valence-corrected chi connectivity index (χ2v) is 5.68. The third kappa shape index (κ3) is 6.39. The molecule has 1 fully saturated rings. The second-order valence-electron chi connectivity index (χ2n) is 5.68. The summed E-state index contributed by atoms with van der Waals surface area (Å²) in [6.07, 6.45) is 3.08. The fraction of sp³-hybridized carbons (Fsp3) is 1.00. The number of hydrogen-bond donors (Lipinski definition) is 0. The minimum atomic E-state index is 0.410. The molecule has 0 bridgehead atoms. The zero-order chi connectivity index (χ0) is 12.7. The molecule has 1 rings (SSSR count). The lowest BCUT2D eigenvalue weighted by Crippen LogP contribution is -2.47. The molecule has 102 valence electrons. The highest BCUT2D eigenvalue weighted by molar-refractivity contribution is 4.73. The lowest BCUT2D eigenvalue weighted by atomic mass is 10.1. The van der Waals surface area contributed by atoms with Crippen LogP contribution in [0.1, 0.15) is 33.6 Å². The van der Waals surface area contributed by atoms with E-state index in [4.69, 9.17) is 4.74 Å². The van der Waals surface area contributed by atoms with Crippen molar-refractivity contribution in [2.24, 2.45) is 5.92 Å². The molecule has 0 aromatic heterocycles. The summed E-state index contributed by atoms with van der Waals surface area (Å²) in [6.45, 7) is 13.4. The Kier molecular flexibility index (Phi) is 7.09. The number of ether oxygens (including phenoxy) is 1. The lowest BCUT2D eigenvalue weighted by molar-refractivity contribution is -0.0404. The van der Waals surface area contributed by atoms with Gasteiger partial charge in [0.15, 0.2) is 0 Å². The zero-order valence-electron chi connectivity index (χ0n) is 12.1. The van der Waals surface area contributed by atoms with Crippen molar-refractivity contribution in [1.29, 1.82) is 0 Å². The minimum absolute atomic E-state index is 0.410. The van der Waals surface area contributed by atoms with Crippen LogP contribution in [-0.4, -0.2) is 62.3 Å². The molecule has 0 unspecified atom stereocenters. The number of morpholine rings is 1. The molecule has 0 amide bonds. The number of likely N-dealkylation sites (N-methyl/N-ethyl adjacent to an activating group) is 1. The van der Waals surface area contributed by atoms with Gasteiger partial charge in [0.25, 0.3) is 0 Å². The van der Waals surface area contributed by atoms with E-state index in [9.17, 15) is 0 Å². The standard InChI is InChI=1S/C14H30N2O/c1-5-15(4)11-14-12-16(9-10-17-14)8-6-7-13(2)3/h13-14H,5-12H2,1-4H3/t14-/m1/s1. The van der Waals surface area contributed by atoms with Crippen molar-refractivity contribution in [2.45, 2.75) is 39.7 Å². The average Bonchev–Trinajstić information content (AvgIpc) is 2.29. The van der Waals surface area contributed by atoms with Gasteiger partial charge in [-0.2, -0.15) is 0 Å². The summed E-state index contributed by atoms with van der Waals surface area (Å²) >= 11 is 0. The second kappa shape index (κ2) is 8.06. The summed E-state index contributed by atoms with van der Waals surface area (Å²) in [5.74, 6) is 0.832. The molecular weight excluding hydrogens is 212 g/mol. The van der Waals surface area contributed by atoms with Gasteiger partial charge in [-0.05, 0) is 38.9 Å². The summed E-state index contributed by atoms with van der Waals surface area (Å²) in [5, 5.41) is 0. The molecule has 17 heavy (non-hydrogen) atoms. The van der Waals surface area contributed by atoms with Gasteiger partial charge in [0, 0.05) is 19.6 Å². The maximum Gasteiger partial charge on any atom is 0.0829 e. The van der Waals surface area contributed by atoms with Gasteiger partial charge in [0.1, 0.15) is 0 Å². The van der Waals surface area contributed by atoms with E-state index in [2.05, 4.69) is 37.6 Å². The molecule has 1 aliphatic heterocycles. The number of rotatable bonds is 7. The molecule has 3 nitrogen and oxygen atoms in total. The van der Waals surface area contributed by atoms with E-state index >= 15 is 0 Å². The molecule has 1 atom stereocenters. The normalized spacial score (nSPS) is 22.6. The molecule has 0 spiro atoms. The molecule has 0 aromatic carbocycles. The maximum absolute atomic E-state index is 5.82. The molecule has 3 heteroatoms. The van der Waals surface area contributed by atoms with E-state index < -0.39 is 0 Å². The van der Waals surface area contributed by atoms with E-state index in [-0.39, 0.29) is 0 Å². The fourth-order valence-electron chi connectivity index (χ4n) is 2.29. The minimum Gasteiger partial charge on any atom is -0.374 e. The highest BCUT2D eigenvalue weighted by Gasteiger charge is 2.20. The van der Waals surface area contributed by atoms with Gasteiger partial charge in [0.05, 0.1) is 12.7 Å². The topological polar surface area (TPSA) is 15.7 Å². The highest BCUT2D eigenvalue weighted by atomic mass is 16.5. The van der Waals surface area contributed by atoms with Crippen LogP contribution < -0.4 is 0 Å². The van der Waals surface area contributed by atoms with Crippen molar-refractivity contribution in [1.82, 2.24) is 9.80 Å². The van der Waals surface area contributed by atoms with Crippen LogP contribution in [0.25, 0.3) is 0 Å². The smallest absolute Gasteiger partial charge is 0.0829 e. The van der Waals surface area contributed by atoms with Crippen molar-refractivity contribution in [3.05, 3.63) is 0 Å². The molecule has 0 saturated carbocycles. The lowest BCUT2D eigenvalue weighted by Gasteiger charge is -2.34. The average molecular weight is 242 g/mol. The molecule has 1 aliphatic rings. The maximum atomic E-state index is 5.82. The van der Waals surface area contributed by atoms with Crippen molar-refractivity contribution in [3.8, 4) is 0 Å². The quantitative estimate of drug-likeness (QED) is 0.680. The Morgan fingerprint density at radius 1 is 1.41 bits per heavy atom. The molecule has 0 radical (unpaired) electrons. The van der Waals surface area contributed by atoms with Crippen LogP contribution in [0.4, 0.5) is 0 Å². The predicted octanol–water partition coefficient (Wildman–Crippen LogP) is 2.08. The van der Waals surface area contributed by atoms with Gasteiger partial charge in [-0.1, -0.05) is 20.8 Å². The van der Waals surface area contributed by atoms with Crippen LogP contribution in [0.3, 0.4) is 0 Å². The van der Waals surface area contributed by atoms with Gasteiger partial charge in [0.2, 0.25) is 0 Å². The third-order valence-corrected chi connectivity index (χ3v) is 3.53. The van der Waals surface area contributed by atoms with Crippen LogP contribution in [0, 0.1) is 5.92 Å². The van der Waals surface area contributed by atoms with Crippen LogP contribution in [0.5, 0.6) is 0 Å². The first kappa shape index (κ1) is 14.9. The molecule has 0 N–H and O–H groups in total. The van der Waals surface area contributed by atoms with E-state index in [1.807, 2.05) is 0 Å². The van der Waals surface area contributed by atoms with Crippen LogP contribution in [0.15, 0.2) is 0 Å². The van der Waals surface area contributed by atoms with Crippen molar-refractivity contribution < 1.29 is 4.74 Å². The SMILES string of the molecule is CCN(C)C[C@@H]1CN(CCCC(C)C)CCO1. The van der Waals surface area contributed by atoms with Crippen molar-refractivity contribution in [2.75, 3.05) is 46.4 Å². The Balaban J connectivity index is 2.19. The van der Waals surface area contributed by atoms with E-state index in [0.717, 1.165) is 38.7 Å². The molecule has 0 aromatic rings. The summed E-state index contributed by atoms with van der Waals surface area (Å²) in [7, 11) is 2.17. The first-order valence-electron chi connectivity index (χ1n) is 7.14. The Bertz CT molecular complexity index is 197. The van der Waals surface area contributed by atoms with Gasteiger partial charge in [-0.15, -0.1) is 0 Å². The van der Waals surface area contributed by atoms with Gasteiger partial charge < -0.3 is 9.64 Å². The van der Waals surface area contributed by atoms with E-state index in [1.54, 1.807) is 0 Å². The van der Waals surface area contributed by atoms with Crippen molar-refractivity contribution in [3.63, 3.8) is 0 Å². The molecule has 0 aliphatic carbocycles. The summed E-state index contributed by atoms with van der Waals surface area (Å²) in [6, 6.07) is 0. The zero-order valence-corrected chi connectivity index (χ0v) is 12.1. The van der Waals surface area contributed by atoms with Crippen LogP contribution >= 0.6 is 0 Å². The Morgan fingerprint density at radius 3 is 2.82 bits per heavy atom. The molecule has 1 saturated heterocycles. The summed E-state index contributed by atoms with van der Waals surface area (Å²) in [5.41, 5.74) is 0. The van der Waals surface area contributed by atoms with Gasteiger partial charge in [-0.25, -0.2) is 0 Å². The number of hydrogen-bond acceptors (Lipinski definition) is 3. The Morgan fingerprint density at radius 2 is 2.18 bits per heavy atom. The first-order chi connectivity index (χ1) is 8.11. The van der Waals surface area contributed by atoms with E-state index in [1.165, 1.54) is 19.4 Å². The molecular formula is C14H30N2O. The highest BCUT2D eigenvalue weighted by Crippen LogP contribution is 2.10. The number of nitrogens with zero attached hydrogens (tertiary/aromatic N) is 2. The monoisotopic (exact) mass is 242 g/mol. The summed E-state index contributed by atoms with van der Waals surface area (Å²) < 4.78 is 5.82. The van der Waals surface area contributed by atoms with Crippen LogP contribution in [-0.2, 0) is 4.74 Å². The van der Waals surface area contributed by atoms with Gasteiger partial charge in [-0.3, -0.25) is 4.90 Å². The summed E-state index contributed by atoms with van der Waals surface area (Å²) in [4.78, 5) is 4.91. The van der Waals surface area contributed by atoms with Gasteiger partial charge >= 0.3 is 0 Å². The fourth-order valence-corrected chi connectivity index (χ4v) is 2.29. The van der Waals surface area contributed by atoms with E-state index in [0.29, 0.717) is 6.10 Å². The van der Waals surface area contributed by atoms with Crippen molar-refractivity contribution >= 4 is 0 Å². The first-order valence-corrected chi connectivity index (χ1v) is 7.14. The predicted molar refractivity (Wildman–Crippen MR) is 73.4 cm³/mol. The molecule has 1 heterocycles. The third-order valence-electron chi connectivity index (χ3n) is 3.53.